The molecule has 3 N–H and O–H groups in total. The molecule has 3 unspecified atom stereocenters. The SMILES string of the molecule is CCC(N)C(c1cccc(C)c1)N1CCC(CO)C1. The molecule has 19 heavy (non-hydrogen) atoms. The van der Waals surface area contributed by atoms with Gasteiger partial charge in [-0.25, -0.2) is 0 Å². The summed E-state index contributed by atoms with van der Waals surface area (Å²) in [5, 5.41) is 9.32. The number of aliphatic hydroxyl groups excluding tert-OH is 1. The van der Waals surface area contributed by atoms with E-state index in [1.807, 2.05) is 0 Å². The molecule has 0 aromatic heterocycles. The summed E-state index contributed by atoms with van der Waals surface area (Å²) in [6.45, 7) is 6.56. The Labute approximate surface area is 116 Å². The Kier molecular flexibility index (Phi) is 4.97. The summed E-state index contributed by atoms with van der Waals surface area (Å²) in [5.74, 6) is 0.413. The highest BCUT2D eigenvalue weighted by Gasteiger charge is 2.31. The number of nitrogens with two attached hydrogens (primary N) is 1. The van der Waals surface area contributed by atoms with E-state index in [1.165, 1.54) is 11.1 Å². The summed E-state index contributed by atoms with van der Waals surface area (Å²) in [4.78, 5) is 2.45. The van der Waals surface area contributed by atoms with Crippen LogP contribution >= 0.6 is 0 Å². The largest absolute Gasteiger partial charge is 0.396 e. The summed E-state index contributed by atoms with van der Waals surface area (Å²) in [5.41, 5.74) is 8.96. The molecule has 1 heterocycles. The molecule has 0 radical (unpaired) electrons. The molecule has 2 rings (SSSR count). The predicted molar refractivity (Wildman–Crippen MR) is 79.0 cm³/mol. The number of aliphatic hydroxyl groups is 1. The quantitative estimate of drug-likeness (QED) is 0.854. The monoisotopic (exact) mass is 262 g/mol. The molecule has 0 aliphatic carbocycles. The van der Waals surface area contributed by atoms with Crippen LogP contribution < -0.4 is 5.73 Å². The van der Waals surface area contributed by atoms with E-state index in [0.29, 0.717) is 12.5 Å². The van der Waals surface area contributed by atoms with E-state index in [1.54, 1.807) is 0 Å². The van der Waals surface area contributed by atoms with Gasteiger partial charge in [0.05, 0.1) is 0 Å². The van der Waals surface area contributed by atoms with E-state index in [-0.39, 0.29) is 12.1 Å². The zero-order valence-corrected chi connectivity index (χ0v) is 12.0. The molecular weight excluding hydrogens is 236 g/mol. The lowest BCUT2D eigenvalue weighted by molar-refractivity contribution is 0.180. The third kappa shape index (κ3) is 3.35. The molecule has 1 aromatic rings. The van der Waals surface area contributed by atoms with Gasteiger partial charge in [0.25, 0.3) is 0 Å². The summed E-state index contributed by atoms with van der Waals surface area (Å²) >= 11 is 0. The van der Waals surface area contributed by atoms with Gasteiger partial charge in [0.1, 0.15) is 0 Å². The minimum absolute atomic E-state index is 0.152. The van der Waals surface area contributed by atoms with E-state index in [9.17, 15) is 5.11 Å². The van der Waals surface area contributed by atoms with E-state index >= 15 is 0 Å². The van der Waals surface area contributed by atoms with Crippen molar-refractivity contribution in [3.63, 3.8) is 0 Å². The van der Waals surface area contributed by atoms with Gasteiger partial charge in [-0.1, -0.05) is 36.8 Å². The third-order valence-electron chi connectivity index (χ3n) is 4.23. The molecular formula is C16H26N2O. The standard InChI is InChI=1S/C16H26N2O/c1-3-15(17)16(14-6-4-5-12(2)9-14)18-8-7-13(10-18)11-19/h4-6,9,13,15-16,19H,3,7-8,10-11,17H2,1-2H3. The Morgan fingerprint density at radius 1 is 1.47 bits per heavy atom. The van der Waals surface area contributed by atoms with Crippen LogP contribution in [-0.2, 0) is 0 Å². The molecule has 3 atom stereocenters. The Balaban J connectivity index is 2.21. The van der Waals surface area contributed by atoms with Gasteiger partial charge in [-0.05, 0) is 37.8 Å². The second-order valence-electron chi connectivity index (χ2n) is 5.76. The number of likely N-dealkylation sites (tertiary alicyclic amines) is 1. The highest BCUT2D eigenvalue weighted by molar-refractivity contribution is 5.26. The van der Waals surface area contributed by atoms with Crippen LogP contribution in [0.5, 0.6) is 0 Å². The second-order valence-corrected chi connectivity index (χ2v) is 5.76. The Bertz CT molecular complexity index is 407. The van der Waals surface area contributed by atoms with Gasteiger partial charge < -0.3 is 10.8 Å². The lowest BCUT2D eigenvalue weighted by Crippen LogP contribution is -2.40. The minimum Gasteiger partial charge on any atom is -0.396 e. The van der Waals surface area contributed by atoms with Crippen LogP contribution in [0.3, 0.4) is 0 Å². The molecule has 3 heteroatoms. The Morgan fingerprint density at radius 2 is 2.26 bits per heavy atom. The molecule has 0 bridgehead atoms. The fourth-order valence-electron chi connectivity index (χ4n) is 3.07. The van der Waals surface area contributed by atoms with Crippen molar-refractivity contribution < 1.29 is 5.11 Å². The number of benzene rings is 1. The first-order chi connectivity index (χ1) is 9.15. The zero-order chi connectivity index (χ0) is 13.8. The smallest absolute Gasteiger partial charge is 0.0499 e. The topological polar surface area (TPSA) is 49.5 Å². The zero-order valence-electron chi connectivity index (χ0n) is 12.0. The molecule has 3 nitrogen and oxygen atoms in total. The van der Waals surface area contributed by atoms with Crippen LogP contribution in [0.4, 0.5) is 0 Å². The summed E-state index contributed by atoms with van der Waals surface area (Å²) in [7, 11) is 0. The van der Waals surface area contributed by atoms with Crippen molar-refractivity contribution in [1.82, 2.24) is 4.90 Å². The van der Waals surface area contributed by atoms with Gasteiger partial charge in [0.15, 0.2) is 0 Å². The Hall–Kier alpha value is -0.900. The van der Waals surface area contributed by atoms with Crippen molar-refractivity contribution >= 4 is 0 Å². The summed E-state index contributed by atoms with van der Waals surface area (Å²) < 4.78 is 0. The molecule has 0 saturated carbocycles. The maximum absolute atomic E-state index is 9.32. The Morgan fingerprint density at radius 3 is 2.84 bits per heavy atom. The van der Waals surface area contributed by atoms with E-state index in [2.05, 4.69) is 43.0 Å². The average molecular weight is 262 g/mol. The van der Waals surface area contributed by atoms with Crippen LogP contribution in [0, 0.1) is 12.8 Å². The molecule has 1 saturated heterocycles. The van der Waals surface area contributed by atoms with Gasteiger partial charge in [-0.15, -0.1) is 0 Å². The molecule has 1 aromatic carbocycles. The van der Waals surface area contributed by atoms with Crippen molar-refractivity contribution in [2.45, 2.75) is 38.8 Å². The molecule has 0 amide bonds. The first-order valence-electron chi connectivity index (χ1n) is 7.32. The van der Waals surface area contributed by atoms with Crippen LogP contribution in [0.15, 0.2) is 24.3 Å². The summed E-state index contributed by atoms with van der Waals surface area (Å²) in [6.07, 6.45) is 2.05. The van der Waals surface area contributed by atoms with Crippen LogP contribution in [-0.4, -0.2) is 35.7 Å². The number of hydrogen-bond donors (Lipinski definition) is 2. The molecule has 1 aliphatic rings. The van der Waals surface area contributed by atoms with Gasteiger partial charge >= 0.3 is 0 Å². The van der Waals surface area contributed by atoms with E-state index in [4.69, 9.17) is 5.73 Å². The third-order valence-corrected chi connectivity index (χ3v) is 4.23. The normalized spacial score (nSPS) is 23.5. The molecule has 1 fully saturated rings. The fourth-order valence-corrected chi connectivity index (χ4v) is 3.07. The van der Waals surface area contributed by atoms with Crippen molar-refractivity contribution in [2.75, 3.05) is 19.7 Å². The van der Waals surface area contributed by atoms with Gasteiger partial charge in [0.2, 0.25) is 0 Å². The first kappa shape index (κ1) is 14.5. The molecule has 1 aliphatic heterocycles. The number of hydrogen-bond acceptors (Lipinski definition) is 3. The molecule has 106 valence electrons. The molecule has 0 spiro atoms. The maximum Gasteiger partial charge on any atom is 0.0499 e. The predicted octanol–water partition coefficient (Wildman–Crippen LogP) is 2.09. The minimum atomic E-state index is 0.152. The second kappa shape index (κ2) is 6.51. The fraction of sp³-hybridized carbons (Fsp3) is 0.625. The van der Waals surface area contributed by atoms with Crippen molar-refractivity contribution in [1.29, 1.82) is 0 Å². The van der Waals surface area contributed by atoms with Crippen LogP contribution in [0.25, 0.3) is 0 Å². The van der Waals surface area contributed by atoms with E-state index < -0.39 is 0 Å². The number of aryl methyl sites for hydroxylation is 1. The van der Waals surface area contributed by atoms with Gasteiger partial charge in [-0.3, -0.25) is 4.90 Å². The highest BCUT2D eigenvalue weighted by atomic mass is 16.3. The number of rotatable bonds is 5. The van der Waals surface area contributed by atoms with Gasteiger partial charge in [-0.2, -0.15) is 0 Å². The first-order valence-corrected chi connectivity index (χ1v) is 7.32. The van der Waals surface area contributed by atoms with Crippen LogP contribution in [0.2, 0.25) is 0 Å². The van der Waals surface area contributed by atoms with Gasteiger partial charge in [0, 0.05) is 25.2 Å². The highest BCUT2D eigenvalue weighted by Crippen LogP contribution is 2.30. The number of nitrogens with zero attached hydrogens (tertiary/aromatic N) is 1. The lowest BCUT2D eigenvalue weighted by atomic mass is 9.95. The summed E-state index contributed by atoms with van der Waals surface area (Å²) in [6, 6.07) is 9.09. The van der Waals surface area contributed by atoms with Crippen molar-refractivity contribution in [2.24, 2.45) is 11.7 Å². The van der Waals surface area contributed by atoms with E-state index in [0.717, 1.165) is 25.9 Å². The van der Waals surface area contributed by atoms with Crippen molar-refractivity contribution in [3.8, 4) is 0 Å². The lowest BCUT2D eigenvalue weighted by Gasteiger charge is -2.33. The average Bonchev–Trinajstić information content (AvgIpc) is 2.87. The maximum atomic E-state index is 9.32. The van der Waals surface area contributed by atoms with Crippen LogP contribution in [0.1, 0.15) is 36.9 Å². The van der Waals surface area contributed by atoms with Crippen molar-refractivity contribution in [3.05, 3.63) is 35.4 Å².